The van der Waals surface area contributed by atoms with Crippen molar-refractivity contribution in [2.45, 2.75) is 64.8 Å². The van der Waals surface area contributed by atoms with Gasteiger partial charge in [0.15, 0.2) is 0 Å². The second-order valence-corrected chi connectivity index (χ2v) is 5.21. The Morgan fingerprint density at radius 1 is 1.06 bits per heavy atom. The fourth-order valence-electron chi connectivity index (χ4n) is 2.49. The zero-order valence-electron chi connectivity index (χ0n) is 11.3. The van der Waals surface area contributed by atoms with Crippen LogP contribution in [0.15, 0.2) is 0 Å². The van der Waals surface area contributed by atoms with Gasteiger partial charge in [-0.25, -0.2) is 0 Å². The molecule has 1 saturated heterocycles. The first-order valence-electron chi connectivity index (χ1n) is 7.29. The van der Waals surface area contributed by atoms with E-state index < -0.39 is 0 Å². The maximum Gasteiger partial charge on any atom is 0.0192 e. The van der Waals surface area contributed by atoms with Crippen LogP contribution in [0.2, 0.25) is 0 Å². The highest BCUT2D eigenvalue weighted by atomic mass is 15.2. The van der Waals surface area contributed by atoms with E-state index in [0.717, 1.165) is 6.04 Å². The third kappa shape index (κ3) is 5.86. The number of nitrogens with one attached hydrogen (secondary N) is 1. The molecule has 0 aliphatic carbocycles. The Kier molecular flexibility index (Phi) is 7.87. The van der Waals surface area contributed by atoms with Gasteiger partial charge in [0.1, 0.15) is 0 Å². The van der Waals surface area contributed by atoms with E-state index in [0.29, 0.717) is 0 Å². The molecule has 0 saturated carbocycles. The van der Waals surface area contributed by atoms with Crippen LogP contribution in [-0.4, -0.2) is 37.1 Å². The van der Waals surface area contributed by atoms with Gasteiger partial charge in [0, 0.05) is 25.7 Å². The summed E-state index contributed by atoms with van der Waals surface area (Å²) in [6.07, 6.45) is 9.95. The van der Waals surface area contributed by atoms with Crippen LogP contribution in [0.4, 0.5) is 0 Å². The average molecular weight is 226 g/mol. The van der Waals surface area contributed by atoms with Gasteiger partial charge in [0.25, 0.3) is 0 Å². The van der Waals surface area contributed by atoms with Gasteiger partial charge >= 0.3 is 0 Å². The lowest BCUT2D eigenvalue weighted by Gasteiger charge is -2.33. The molecule has 0 bridgehead atoms. The molecular weight excluding hydrogens is 196 g/mol. The van der Waals surface area contributed by atoms with Crippen molar-refractivity contribution in [2.24, 2.45) is 0 Å². The monoisotopic (exact) mass is 226 g/mol. The first-order valence-corrected chi connectivity index (χ1v) is 7.29. The van der Waals surface area contributed by atoms with Crippen molar-refractivity contribution < 1.29 is 0 Å². The van der Waals surface area contributed by atoms with Gasteiger partial charge in [-0.05, 0) is 19.9 Å². The highest BCUT2D eigenvalue weighted by Crippen LogP contribution is 2.09. The van der Waals surface area contributed by atoms with Crippen LogP contribution in [0.5, 0.6) is 0 Å². The lowest BCUT2D eigenvalue weighted by molar-refractivity contribution is 0.170. The molecular formula is C14H30N2. The van der Waals surface area contributed by atoms with E-state index in [1.54, 1.807) is 0 Å². The predicted octanol–water partition coefficient (Wildman–Crippen LogP) is 3.03. The Morgan fingerprint density at radius 3 is 2.44 bits per heavy atom. The molecule has 2 nitrogen and oxygen atoms in total. The molecule has 16 heavy (non-hydrogen) atoms. The Bertz CT molecular complexity index is 159. The van der Waals surface area contributed by atoms with Gasteiger partial charge in [-0.2, -0.15) is 0 Å². The zero-order chi connectivity index (χ0) is 11.6. The summed E-state index contributed by atoms with van der Waals surface area (Å²) < 4.78 is 0. The summed E-state index contributed by atoms with van der Waals surface area (Å²) in [6, 6.07) is 0.744. The Labute approximate surface area is 102 Å². The lowest BCUT2D eigenvalue weighted by atomic mass is 10.1. The Balaban J connectivity index is 1.90. The molecule has 2 heteroatoms. The first-order chi connectivity index (χ1) is 7.84. The van der Waals surface area contributed by atoms with Gasteiger partial charge in [0.05, 0.1) is 0 Å². The molecule has 1 rings (SSSR count). The molecule has 0 amide bonds. The number of rotatable bonds is 8. The van der Waals surface area contributed by atoms with Crippen molar-refractivity contribution >= 4 is 0 Å². The molecule has 0 spiro atoms. The molecule has 1 aliphatic heterocycles. The molecule has 0 radical (unpaired) electrons. The fourth-order valence-corrected chi connectivity index (χ4v) is 2.49. The number of unbranched alkanes of at least 4 members (excludes halogenated alkanes) is 6. The van der Waals surface area contributed by atoms with E-state index >= 15 is 0 Å². The van der Waals surface area contributed by atoms with E-state index in [9.17, 15) is 0 Å². The standard InChI is InChI=1S/C14H30N2/c1-3-4-5-6-7-8-9-11-16-12-10-15-13-14(16)2/h14-15H,3-13H2,1-2H3/t14-/m1/s1. The summed E-state index contributed by atoms with van der Waals surface area (Å²) >= 11 is 0. The number of hydrogen-bond acceptors (Lipinski definition) is 2. The maximum atomic E-state index is 3.45. The molecule has 96 valence electrons. The molecule has 1 heterocycles. The van der Waals surface area contributed by atoms with E-state index in [-0.39, 0.29) is 0 Å². The van der Waals surface area contributed by atoms with Crippen LogP contribution < -0.4 is 5.32 Å². The molecule has 0 aromatic carbocycles. The molecule has 1 aliphatic rings. The maximum absolute atomic E-state index is 3.45. The lowest BCUT2D eigenvalue weighted by Crippen LogP contribution is -2.49. The minimum absolute atomic E-state index is 0.744. The first kappa shape index (κ1) is 14.0. The third-order valence-electron chi connectivity index (χ3n) is 3.69. The third-order valence-corrected chi connectivity index (χ3v) is 3.69. The predicted molar refractivity (Wildman–Crippen MR) is 71.9 cm³/mol. The van der Waals surface area contributed by atoms with Crippen LogP contribution in [0, 0.1) is 0 Å². The van der Waals surface area contributed by atoms with Crippen LogP contribution in [0.1, 0.15) is 58.8 Å². The highest BCUT2D eigenvalue weighted by Gasteiger charge is 2.16. The number of nitrogens with zero attached hydrogens (tertiary/aromatic N) is 1. The smallest absolute Gasteiger partial charge is 0.0192 e. The minimum Gasteiger partial charge on any atom is -0.314 e. The summed E-state index contributed by atoms with van der Waals surface area (Å²) in [5, 5.41) is 3.45. The van der Waals surface area contributed by atoms with Gasteiger partial charge < -0.3 is 5.32 Å². The zero-order valence-corrected chi connectivity index (χ0v) is 11.3. The molecule has 1 atom stereocenters. The normalized spacial score (nSPS) is 22.5. The molecule has 0 aromatic rings. The number of piperazine rings is 1. The van der Waals surface area contributed by atoms with E-state index in [1.807, 2.05) is 0 Å². The van der Waals surface area contributed by atoms with Crippen molar-refractivity contribution in [3.05, 3.63) is 0 Å². The molecule has 0 aromatic heterocycles. The largest absolute Gasteiger partial charge is 0.314 e. The second kappa shape index (κ2) is 9.00. The van der Waals surface area contributed by atoms with Crippen molar-refractivity contribution in [1.29, 1.82) is 0 Å². The van der Waals surface area contributed by atoms with E-state index in [4.69, 9.17) is 0 Å². The Hall–Kier alpha value is -0.0800. The number of hydrogen-bond donors (Lipinski definition) is 1. The SMILES string of the molecule is CCCCCCCCCN1CCNC[C@H]1C. The van der Waals surface area contributed by atoms with Crippen molar-refractivity contribution in [2.75, 3.05) is 26.2 Å². The summed E-state index contributed by atoms with van der Waals surface area (Å²) in [5.74, 6) is 0. The summed E-state index contributed by atoms with van der Waals surface area (Å²) in [5.41, 5.74) is 0. The molecule has 0 unspecified atom stereocenters. The molecule has 1 N–H and O–H groups in total. The minimum atomic E-state index is 0.744. The average Bonchev–Trinajstić information content (AvgIpc) is 2.30. The topological polar surface area (TPSA) is 15.3 Å². The fraction of sp³-hybridized carbons (Fsp3) is 1.00. The summed E-state index contributed by atoms with van der Waals surface area (Å²) in [6.45, 7) is 9.55. The van der Waals surface area contributed by atoms with Crippen LogP contribution in [0.3, 0.4) is 0 Å². The van der Waals surface area contributed by atoms with Crippen LogP contribution in [-0.2, 0) is 0 Å². The Morgan fingerprint density at radius 2 is 1.75 bits per heavy atom. The summed E-state index contributed by atoms with van der Waals surface area (Å²) in [7, 11) is 0. The van der Waals surface area contributed by atoms with E-state index in [1.165, 1.54) is 71.1 Å². The summed E-state index contributed by atoms with van der Waals surface area (Å²) in [4.78, 5) is 2.64. The van der Waals surface area contributed by atoms with Gasteiger partial charge in [-0.1, -0.05) is 45.4 Å². The highest BCUT2D eigenvalue weighted by molar-refractivity contribution is 4.75. The van der Waals surface area contributed by atoms with Crippen LogP contribution in [0.25, 0.3) is 0 Å². The van der Waals surface area contributed by atoms with Crippen molar-refractivity contribution in [1.82, 2.24) is 10.2 Å². The second-order valence-electron chi connectivity index (χ2n) is 5.21. The van der Waals surface area contributed by atoms with Crippen molar-refractivity contribution in [3.8, 4) is 0 Å². The van der Waals surface area contributed by atoms with Gasteiger partial charge in [-0.15, -0.1) is 0 Å². The quantitative estimate of drug-likeness (QED) is 0.640. The van der Waals surface area contributed by atoms with Gasteiger partial charge in [0.2, 0.25) is 0 Å². The van der Waals surface area contributed by atoms with Crippen molar-refractivity contribution in [3.63, 3.8) is 0 Å². The molecule has 1 fully saturated rings. The van der Waals surface area contributed by atoms with Crippen LogP contribution >= 0.6 is 0 Å². The van der Waals surface area contributed by atoms with E-state index in [2.05, 4.69) is 24.1 Å². The van der Waals surface area contributed by atoms with Gasteiger partial charge in [-0.3, -0.25) is 4.90 Å².